The highest BCUT2D eigenvalue weighted by Gasteiger charge is 2.27. The highest BCUT2D eigenvalue weighted by molar-refractivity contribution is 7.47. The Morgan fingerprint density at radius 1 is 0.627 bits per heavy atom. The van der Waals surface area contributed by atoms with Gasteiger partial charge in [0.25, 0.3) is 0 Å². The minimum absolute atomic E-state index is 0.0728. The van der Waals surface area contributed by atoms with Crippen molar-refractivity contribution < 1.29 is 52.9 Å². The number of hydrogen-bond acceptors (Lipinski definition) is 10. The van der Waals surface area contributed by atoms with Crippen molar-refractivity contribution in [2.24, 2.45) is 5.92 Å². The van der Waals surface area contributed by atoms with Gasteiger partial charge in [-0.15, -0.1) is 0 Å². The second kappa shape index (κ2) is 41.0. The van der Waals surface area contributed by atoms with Crippen molar-refractivity contribution in [3.8, 4) is 0 Å². The van der Waals surface area contributed by atoms with E-state index in [9.17, 15) is 29.3 Å². The molecule has 2 unspecified atom stereocenters. The number of aliphatic hydroxyl groups excluding tert-OH is 3. The fraction of sp³-hybridized carbons (Fsp3) is 0.745. The van der Waals surface area contributed by atoms with Crippen molar-refractivity contribution in [1.82, 2.24) is 0 Å². The molecule has 0 aliphatic heterocycles. The highest BCUT2D eigenvalue weighted by atomic mass is 31.2. The topological polar surface area (TPSA) is 169 Å². The molecule has 4 atom stereocenters. The molecule has 0 heterocycles. The predicted molar refractivity (Wildman–Crippen MR) is 239 cm³/mol. The van der Waals surface area contributed by atoms with Gasteiger partial charge in [-0.1, -0.05) is 178 Å². The lowest BCUT2D eigenvalue weighted by molar-refractivity contribution is -0.161. The lowest BCUT2D eigenvalue weighted by Gasteiger charge is -2.20. The molecule has 342 valence electrons. The zero-order valence-corrected chi connectivity index (χ0v) is 37.9. The van der Waals surface area contributed by atoms with Crippen LogP contribution in [0.5, 0.6) is 0 Å². The molecule has 0 aromatic carbocycles. The first-order valence-corrected chi connectivity index (χ1v) is 24.2. The first kappa shape index (κ1) is 56.6. The Morgan fingerprint density at radius 2 is 1.17 bits per heavy atom. The van der Waals surface area contributed by atoms with Gasteiger partial charge in [0.05, 0.1) is 25.9 Å². The number of phosphoric acid groups is 1. The van der Waals surface area contributed by atoms with Crippen molar-refractivity contribution in [3.05, 3.63) is 60.8 Å². The molecule has 0 aromatic rings. The summed E-state index contributed by atoms with van der Waals surface area (Å²) in [5.74, 6) is -0.208. The second-order valence-electron chi connectivity index (χ2n) is 15.7. The van der Waals surface area contributed by atoms with E-state index in [1.807, 2.05) is 42.5 Å². The third kappa shape index (κ3) is 42.1. The highest BCUT2D eigenvalue weighted by Crippen LogP contribution is 2.43. The summed E-state index contributed by atoms with van der Waals surface area (Å²) < 4.78 is 32.7. The summed E-state index contributed by atoms with van der Waals surface area (Å²) in [4.78, 5) is 35.0. The van der Waals surface area contributed by atoms with Gasteiger partial charge >= 0.3 is 19.8 Å². The van der Waals surface area contributed by atoms with E-state index >= 15 is 0 Å². The van der Waals surface area contributed by atoms with Crippen LogP contribution in [-0.2, 0) is 32.7 Å². The largest absolute Gasteiger partial charge is 0.472 e. The Bertz CT molecular complexity index is 1200. The Labute approximate surface area is 358 Å². The molecule has 0 radical (unpaired) electrons. The number of hydrogen-bond donors (Lipinski definition) is 4. The van der Waals surface area contributed by atoms with E-state index in [1.165, 1.54) is 77.0 Å². The Balaban J connectivity index is 4.40. The molecule has 0 fully saturated rings. The van der Waals surface area contributed by atoms with Crippen LogP contribution in [-0.4, -0.2) is 76.9 Å². The molecule has 0 aliphatic carbocycles. The molecule has 12 heteroatoms. The third-order valence-electron chi connectivity index (χ3n) is 9.44. The van der Waals surface area contributed by atoms with Gasteiger partial charge in [0.15, 0.2) is 6.10 Å². The Hall–Kier alpha value is -2.37. The smallest absolute Gasteiger partial charge is 0.462 e. The van der Waals surface area contributed by atoms with Crippen LogP contribution in [0.2, 0.25) is 0 Å². The SMILES string of the molecule is CC/C=C\C/C=C\CC(O)/C=C/C=C\C/C=C\CCCC(=O)O[C@H](COC(=O)CCCCCCCCCCCCCCCCCC(C)C)COP(=O)(O)OC[C@@H](O)CO. The van der Waals surface area contributed by atoms with Crippen LogP contribution in [0.15, 0.2) is 60.8 Å². The van der Waals surface area contributed by atoms with Crippen molar-refractivity contribution in [1.29, 1.82) is 0 Å². The summed E-state index contributed by atoms with van der Waals surface area (Å²) in [5, 5.41) is 28.4. The van der Waals surface area contributed by atoms with Crippen LogP contribution in [0.25, 0.3) is 0 Å². The van der Waals surface area contributed by atoms with E-state index < -0.39 is 57.9 Å². The van der Waals surface area contributed by atoms with E-state index in [-0.39, 0.29) is 19.4 Å². The second-order valence-corrected chi connectivity index (χ2v) is 17.2. The van der Waals surface area contributed by atoms with Crippen molar-refractivity contribution in [2.45, 2.75) is 193 Å². The number of aliphatic hydroxyl groups is 3. The van der Waals surface area contributed by atoms with Gasteiger partial charge in [0.2, 0.25) is 0 Å². The van der Waals surface area contributed by atoms with Crippen LogP contribution in [0.4, 0.5) is 0 Å². The van der Waals surface area contributed by atoms with E-state index in [0.29, 0.717) is 32.1 Å². The molecule has 0 aromatic heterocycles. The van der Waals surface area contributed by atoms with Gasteiger partial charge in [-0.05, 0) is 50.9 Å². The monoisotopic (exact) mass is 855 g/mol. The Kier molecular flexibility index (Phi) is 39.4. The maximum Gasteiger partial charge on any atom is 0.472 e. The van der Waals surface area contributed by atoms with E-state index in [1.54, 1.807) is 6.08 Å². The van der Waals surface area contributed by atoms with Gasteiger partial charge < -0.3 is 29.7 Å². The number of rotatable bonds is 41. The van der Waals surface area contributed by atoms with Gasteiger partial charge in [-0.3, -0.25) is 18.6 Å². The van der Waals surface area contributed by atoms with Crippen LogP contribution < -0.4 is 0 Å². The maximum atomic E-state index is 12.6. The number of carbonyl (C=O) groups is 2. The van der Waals surface area contributed by atoms with Gasteiger partial charge in [-0.2, -0.15) is 0 Å². The summed E-state index contributed by atoms with van der Waals surface area (Å²) in [5.41, 5.74) is 0. The molecule has 4 N–H and O–H groups in total. The van der Waals surface area contributed by atoms with Crippen molar-refractivity contribution in [2.75, 3.05) is 26.4 Å². The maximum absolute atomic E-state index is 12.6. The number of allylic oxidation sites excluding steroid dienone is 8. The minimum Gasteiger partial charge on any atom is -0.462 e. The molecule has 0 saturated carbocycles. The predicted octanol–water partition coefficient (Wildman–Crippen LogP) is 11.1. The summed E-state index contributed by atoms with van der Waals surface area (Å²) in [7, 11) is -4.65. The first-order chi connectivity index (χ1) is 28.5. The summed E-state index contributed by atoms with van der Waals surface area (Å²) in [6.45, 7) is 4.45. The zero-order chi connectivity index (χ0) is 43.7. The fourth-order valence-corrected chi connectivity index (χ4v) is 6.73. The molecule has 0 rings (SSSR count). The number of carbonyl (C=O) groups excluding carboxylic acids is 2. The molecule has 59 heavy (non-hydrogen) atoms. The molecular formula is C47H83O11P. The third-order valence-corrected chi connectivity index (χ3v) is 10.4. The van der Waals surface area contributed by atoms with Crippen molar-refractivity contribution >= 4 is 19.8 Å². The van der Waals surface area contributed by atoms with Crippen LogP contribution in [0.3, 0.4) is 0 Å². The lowest BCUT2D eigenvalue weighted by atomic mass is 10.0. The molecule has 11 nitrogen and oxygen atoms in total. The van der Waals surface area contributed by atoms with Crippen LogP contribution in [0, 0.1) is 5.92 Å². The molecule has 0 spiro atoms. The van der Waals surface area contributed by atoms with Gasteiger partial charge in [-0.25, -0.2) is 4.57 Å². The average molecular weight is 855 g/mol. The van der Waals surface area contributed by atoms with E-state index in [2.05, 4.69) is 37.4 Å². The minimum atomic E-state index is -4.65. The molecule has 0 aliphatic rings. The quantitative estimate of drug-likeness (QED) is 0.0152. The lowest BCUT2D eigenvalue weighted by Crippen LogP contribution is -2.29. The fourth-order valence-electron chi connectivity index (χ4n) is 5.94. The molecular weight excluding hydrogens is 771 g/mol. The Morgan fingerprint density at radius 3 is 1.78 bits per heavy atom. The molecule has 0 bridgehead atoms. The number of ether oxygens (including phenoxy) is 2. The number of phosphoric ester groups is 1. The van der Waals surface area contributed by atoms with Crippen LogP contribution >= 0.6 is 7.82 Å². The normalized spacial score (nSPS) is 15.0. The standard InChI is InChI=1S/C47H83O11P/c1-4-5-6-7-24-29-34-43(49)35-30-25-20-17-18-22-27-32-37-47(52)58-45(41-57-59(53,54)56-39-44(50)38-48)40-55-46(51)36-31-26-21-16-14-12-10-8-9-11-13-15-19-23-28-33-42(2)3/h5-6,18,20,22,24-25,29-30,35,42-45,48-50H,4,7-17,19,21,23,26-28,31-34,36-41H2,1-3H3,(H,53,54)/b6-5-,22-18-,25-20-,29-24-,35-30+/t43?,44-,45+/m0/s1. The van der Waals surface area contributed by atoms with Gasteiger partial charge in [0.1, 0.15) is 12.7 Å². The summed E-state index contributed by atoms with van der Waals surface area (Å²) in [6.07, 6.45) is 40.8. The van der Waals surface area contributed by atoms with Gasteiger partial charge in [0, 0.05) is 12.8 Å². The first-order valence-electron chi connectivity index (χ1n) is 22.7. The number of esters is 2. The van der Waals surface area contributed by atoms with E-state index in [4.69, 9.17) is 19.1 Å². The summed E-state index contributed by atoms with van der Waals surface area (Å²) in [6, 6.07) is 0. The van der Waals surface area contributed by atoms with E-state index in [0.717, 1.165) is 38.0 Å². The average Bonchev–Trinajstić information content (AvgIpc) is 3.20. The van der Waals surface area contributed by atoms with Crippen LogP contribution in [0.1, 0.15) is 175 Å². The zero-order valence-electron chi connectivity index (χ0n) is 37.0. The molecule has 0 amide bonds. The van der Waals surface area contributed by atoms with Crippen molar-refractivity contribution in [3.63, 3.8) is 0 Å². The summed E-state index contributed by atoms with van der Waals surface area (Å²) >= 11 is 0. The number of unbranched alkanes of at least 4 members (excludes halogenated alkanes) is 15. The molecule has 0 saturated heterocycles.